The zero-order chi connectivity index (χ0) is 8.97. The molecule has 0 aliphatic carbocycles. The van der Waals surface area contributed by atoms with Crippen LogP contribution in [-0.2, 0) is 0 Å². The summed E-state index contributed by atoms with van der Waals surface area (Å²) >= 11 is 3.35. The van der Waals surface area contributed by atoms with E-state index in [2.05, 4.69) is 15.9 Å². The Morgan fingerprint density at radius 1 is 1.42 bits per heavy atom. The minimum atomic E-state index is -0.0917. The van der Waals surface area contributed by atoms with Crippen molar-refractivity contribution in [1.29, 1.82) is 0 Å². The average Bonchev–Trinajstić information content (AvgIpc) is 2.05. The van der Waals surface area contributed by atoms with Gasteiger partial charge in [-0.2, -0.15) is 0 Å². The molecule has 0 saturated carbocycles. The van der Waals surface area contributed by atoms with Crippen molar-refractivity contribution < 1.29 is 4.39 Å². The van der Waals surface area contributed by atoms with E-state index in [4.69, 9.17) is 0 Å². The summed E-state index contributed by atoms with van der Waals surface area (Å²) in [6.45, 7) is 2.04. The molecular weight excluding hydrogens is 219 g/mol. The van der Waals surface area contributed by atoms with Crippen LogP contribution in [0.5, 0.6) is 0 Å². The van der Waals surface area contributed by atoms with E-state index in [-0.39, 0.29) is 5.82 Å². The highest BCUT2D eigenvalue weighted by molar-refractivity contribution is 9.09. The summed E-state index contributed by atoms with van der Waals surface area (Å²) in [4.78, 5) is 0. The fourth-order valence-corrected chi connectivity index (χ4v) is 1.88. The van der Waals surface area contributed by atoms with Crippen LogP contribution in [0.25, 0.3) is 0 Å². The molecule has 1 aromatic rings. The molecular formula is C10H12BrF. The third-order valence-electron chi connectivity index (χ3n) is 1.98. The third kappa shape index (κ3) is 2.31. The Bertz CT molecular complexity index is 247. The second-order valence-electron chi connectivity index (χ2n) is 2.90. The number of halogens is 2. The molecule has 0 bridgehead atoms. The molecule has 0 saturated heterocycles. The fourth-order valence-electron chi connectivity index (χ4n) is 1.19. The molecule has 1 aromatic carbocycles. The largest absolute Gasteiger partial charge is 0.207 e. The highest BCUT2D eigenvalue weighted by Crippen LogP contribution is 2.22. The Hall–Kier alpha value is -0.370. The second-order valence-corrected chi connectivity index (χ2v) is 3.69. The van der Waals surface area contributed by atoms with E-state index in [1.807, 2.05) is 19.1 Å². The van der Waals surface area contributed by atoms with Gasteiger partial charge in [0.1, 0.15) is 5.82 Å². The van der Waals surface area contributed by atoms with E-state index in [9.17, 15) is 4.39 Å². The average molecular weight is 231 g/mol. The van der Waals surface area contributed by atoms with Crippen LogP contribution in [-0.4, -0.2) is 5.33 Å². The van der Waals surface area contributed by atoms with Crippen LogP contribution in [0.3, 0.4) is 0 Å². The van der Waals surface area contributed by atoms with Gasteiger partial charge in [-0.15, -0.1) is 0 Å². The van der Waals surface area contributed by atoms with Gasteiger partial charge < -0.3 is 0 Å². The van der Waals surface area contributed by atoms with Crippen molar-refractivity contribution in [3.05, 3.63) is 35.6 Å². The van der Waals surface area contributed by atoms with Gasteiger partial charge in [0.15, 0.2) is 0 Å². The van der Waals surface area contributed by atoms with Gasteiger partial charge in [0.05, 0.1) is 0 Å². The highest BCUT2D eigenvalue weighted by atomic mass is 79.9. The molecule has 0 aromatic heterocycles. The van der Waals surface area contributed by atoms with Crippen LogP contribution in [0.1, 0.15) is 24.8 Å². The van der Waals surface area contributed by atoms with E-state index in [1.54, 1.807) is 6.07 Å². The molecule has 1 rings (SSSR count). The normalized spacial score (nSPS) is 12.9. The first kappa shape index (κ1) is 9.72. The van der Waals surface area contributed by atoms with Crippen molar-refractivity contribution in [3.63, 3.8) is 0 Å². The summed E-state index contributed by atoms with van der Waals surface area (Å²) in [5.41, 5.74) is 0.817. The number of rotatable bonds is 3. The lowest BCUT2D eigenvalue weighted by Crippen LogP contribution is -1.97. The number of benzene rings is 1. The molecule has 66 valence electrons. The topological polar surface area (TPSA) is 0 Å². The van der Waals surface area contributed by atoms with Crippen molar-refractivity contribution in [3.8, 4) is 0 Å². The van der Waals surface area contributed by atoms with Gasteiger partial charge in [0, 0.05) is 5.33 Å². The maximum Gasteiger partial charge on any atom is 0.126 e. The third-order valence-corrected chi connectivity index (χ3v) is 2.44. The molecule has 0 heterocycles. The molecule has 1 atom stereocenters. The second kappa shape index (κ2) is 4.61. The molecule has 0 radical (unpaired) electrons. The van der Waals surface area contributed by atoms with Crippen LogP contribution in [0, 0.1) is 5.82 Å². The predicted octanol–water partition coefficient (Wildman–Crippen LogP) is 3.71. The Kier molecular flexibility index (Phi) is 3.73. The number of hydrogen-bond acceptors (Lipinski definition) is 0. The molecule has 12 heavy (non-hydrogen) atoms. The Balaban J connectivity index is 2.79. The Morgan fingerprint density at radius 3 is 2.67 bits per heavy atom. The molecule has 2 heteroatoms. The Morgan fingerprint density at radius 2 is 2.08 bits per heavy atom. The van der Waals surface area contributed by atoms with Gasteiger partial charge in [-0.3, -0.25) is 0 Å². The zero-order valence-corrected chi connectivity index (χ0v) is 8.64. The first-order valence-corrected chi connectivity index (χ1v) is 5.18. The van der Waals surface area contributed by atoms with Crippen LogP contribution in [0.4, 0.5) is 4.39 Å². The van der Waals surface area contributed by atoms with E-state index in [0.29, 0.717) is 5.92 Å². The first-order chi connectivity index (χ1) is 5.75. The molecule has 0 amide bonds. The molecule has 0 aliphatic heterocycles. The van der Waals surface area contributed by atoms with Gasteiger partial charge in [-0.05, 0) is 24.0 Å². The summed E-state index contributed by atoms with van der Waals surface area (Å²) in [5, 5.41) is 0.919. The summed E-state index contributed by atoms with van der Waals surface area (Å²) in [6, 6.07) is 6.96. The first-order valence-electron chi connectivity index (χ1n) is 4.06. The smallest absolute Gasteiger partial charge is 0.126 e. The van der Waals surface area contributed by atoms with Crippen LogP contribution in [0.2, 0.25) is 0 Å². The van der Waals surface area contributed by atoms with E-state index < -0.39 is 0 Å². The molecule has 0 spiro atoms. The van der Waals surface area contributed by atoms with Crippen molar-refractivity contribution >= 4 is 15.9 Å². The van der Waals surface area contributed by atoms with E-state index in [1.165, 1.54) is 6.07 Å². The standard InChI is InChI=1S/C10H12BrF/c1-8(6-7-11)9-4-2-3-5-10(9)12/h2-5,8H,6-7H2,1H3. The van der Waals surface area contributed by atoms with Gasteiger partial charge in [0.25, 0.3) is 0 Å². The Labute approximate surface area is 80.9 Å². The van der Waals surface area contributed by atoms with Crippen LogP contribution in [0.15, 0.2) is 24.3 Å². The molecule has 0 nitrogen and oxygen atoms in total. The molecule has 0 fully saturated rings. The van der Waals surface area contributed by atoms with E-state index in [0.717, 1.165) is 17.3 Å². The van der Waals surface area contributed by atoms with Gasteiger partial charge >= 0.3 is 0 Å². The number of hydrogen-bond donors (Lipinski definition) is 0. The predicted molar refractivity (Wildman–Crippen MR) is 53.2 cm³/mol. The van der Waals surface area contributed by atoms with E-state index >= 15 is 0 Å². The summed E-state index contributed by atoms with van der Waals surface area (Å²) in [6.07, 6.45) is 0.973. The lowest BCUT2D eigenvalue weighted by molar-refractivity contribution is 0.585. The van der Waals surface area contributed by atoms with Crippen molar-refractivity contribution in [2.75, 3.05) is 5.33 Å². The fraction of sp³-hybridized carbons (Fsp3) is 0.400. The zero-order valence-electron chi connectivity index (χ0n) is 7.06. The van der Waals surface area contributed by atoms with Gasteiger partial charge in [-0.1, -0.05) is 41.1 Å². The highest BCUT2D eigenvalue weighted by Gasteiger charge is 2.08. The minimum Gasteiger partial charge on any atom is -0.207 e. The molecule has 0 N–H and O–H groups in total. The monoisotopic (exact) mass is 230 g/mol. The van der Waals surface area contributed by atoms with Crippen molar-refractivity contribution in [1.82, 2.24) is 0 Å². The van der Waals surface area contributed by atoms with Crippen LogP contribution < -0.4 is 0 Å². The van der Waals surface area contributed by atoms with Crippen molar-refractivity contribution in [2.24, 2.45) is 0 Å². The van der Waals surface area contributed by atoms with Gasteiger partial charge in [-0.25, -0.2) is 4.39 Å². The number of alkyl halides is 1. The maximum absolute atomic E-state index is 13.1. The lowest BCUT2D eigenvalue weighted by Gasteiger charge is -2.10. The minimum absolute atomic E-state index is 0.0917. The van der Waals surface area contributed by atoms with Crippen LogP contribution >= 0.6 is 15.9 Å². The maximum atomic E-state index is 13.1. The molecule has 1 unspecified atom stereocenters. The summed E-state index contributed by atoms with van der Waals surface area (Å²) < 4.78 is 13.1. The SMILES string of the molecule is CC(CCBr)c1ccccc1F. The molecule has 0 aliphatic rings. The van der Waals surface area contributed by atoms with Crippen molar-refractivity contribution in [2.45, 2.75) is 19.3 Å². The summed E-state index contributed by atoms with van der Waals surface area (Å²) in [5.74, 6) is 0.205. The summed E-state index contributed by atoms with van der Waals surface area (Å²) in [7, 11) is 0. The quantitative estimate of drug-likeness (QED) is 0.695. The van der Waals surface area contributed by atoms with Gasteiger partial charge in [0.2, 0.25) is 0 Å². The lowest BCUT2D eigenvalue weighted by atomic mass is 9.98.